The summed E-state index contributed by atoms with van der Waals surface area (Å²) in [6.45, 7) is 1.95. The van der Waals surface area contributed by atoms with Crippen LogP contribution in [0.15, 0.2) is 40.9 Å². The summed E-state index contributed by atoms with van der Waals surface area (Å²) in [5, 5.41) is 3.17. The average Bonchev–Trinajstić information content (AvgIpc) is 2.31. The zero-order valence-corrected chi connectivity index (χ0v) is 12.5. The lowest BCUT2D eigenvalue weighted by Gasteiger charge is -2.09. The number of anilines is 2. The number of amides is 1. The molecule has 0 heterocycles. The Morgan fingerprint density at radius 3 is 2.74 bits per heavy atom. The van der Waals surface area contributed by atoms with E-state index in [9.17, 15) is 4.79 Å². The number of benzene rings is 2. The molecule has 0 saturated heterocycles. The number of carbonyl (C=O) groups is 1. The summed E-state index contributed by atoms with van der Waals surface area (Å²) in [6.07, 6.45) is 0. The monoisotopic (exact) mass is 338 g/mol. The molecule has 98 valence electrons. The fourth-order valence-corrected chi connectivity index (χ4v) is 2.52. The highest BCUT2D eigenvalue weighted by atomic mass is 79.9. The van der Waals surface area contributed by atoms with Crippen molar-refractivity contribution in [3.8, 4) is 0 Å². The third-order valence-electron chi connectivity index (χ3n) is 2.60. The molecule has 5 heteroatoms. The van der Waals surface area contributed by atoms with Crippen LogP contribution in [-0.4, -0.2) is 5.91 Å². The van der Waals surface area contributed by atoms with Crippen molar-refractivity contribution in [2.24, 2.45) is 0 Å². The molecular formula is C14H12BrClN2O. The first-order valence-electron chi connectivity index (χ1n) is 5.60. The summed E-state index contributed by atoms with van der Waals surface area (Å²) in [5.41, 5.74) is 8.20. The number of nitrogen functional groups attached to an aromatic ring is 1. The number of rotatable bonds is 2. The first-order chi connectivity index (χ1) is 8.97. The van der Waals surface area contributed by atoms with Crippen LogP contribution < -0.4 is 11.1 Å². The van der Waals surface area contributed by atoms with Gasteiger partial charge in [0.05, 0.1) is 16.3 Å². The number of para-hydroxylation sites is 1. The quantitative estimate of drug-likeness (QED) is 0.804. The van der Waals surface area contributed by atoms with Gasteiger partial charge in [-0.3, -0.25) is 4.79 Å². The van der Waals surface area contributed by atoms with Gasteiger partial charge in [0.15, 0.2) is 0 Å². The number of hydrogen-bond donors (Lipinski definition) is 2. The highest BCUT2D eigenvalue weighted by Gasteiger charge is 2.12. The van der Waals surface area contributed by atoms with Crippen LogP contribution in [0.3, 0.4) is 0 Å². The molecule has 2 aromatic rings. The van der Waals surface area contributed by atoms with Crippen molar-refractivity contribution in [1.29, 1.82) is 0 Å². The molecular weight excluding hydrogens is 328 g/mol. The maximum atomic E-state index is 12.1. The van der Waals surface area contributed by atoms with E-state index in [0.29, 0.717) is 16.3 Å². The third kappa shape index (κ3) is 3.28. The predicted octanol–water partition coefficient (Wildman–Crippen LogP) is 4.25. The minimum Gasteiger partial charge on any atom is -0.397 e. The van der Waals surface area contributed by atoms with Crippen LogP contribution in [0.4, 0.5) is 11.4 Å². The Morgan fingerprint density at radius 1 is 1.32 bits per heavy atom. The molecule has 0 aliphatic rings. The van der Waals surface area contributed by atoms with Gasteiger partial charge in [-0.15, -0.1) is 0 Å². The first kappa shape index (κ1) is 13.9. The number of carbonyl (C=O) groups excluding carboxylic acids is 1. The van der Waals surface area contributed by atoms with Gasteiger partial charge in [0, 0.05) is 10.2 Å². The van der Waals surface area contributed by atoms with Crippen molar-refractivity contribution in [3.05, 3.63) is 57.0 Å². The second kappa shape index (κ2) is 5.63. The highest BCUT2D eigenvalue weighted by molar-refractivity contribution is 9.10. The van der Waals surface area contributed by atoms with E-state index in [1.807, 2.05) is 25.1 Å². The largest absolute Gasteiger partial charge is 0.397 e. The van der Waals surface area contributed by atoms with Gasteiger partial charge < -0.3 is 11.1 Å². The van der Waals surface area contributed by atoms with Crippen LogP contribution >= 0.6 is 27.5 Å². The maximum absolute atomic E-state index is 12.1. The molecule has 1 amide bonds. The second-order valence-electron chi connectivity index (χ2n) is 4.17. The average molecular weight is 340 g/mol. The normalized spacial score (nSPS) is 10.3. The number of halogens is 2. The van der Waals surface area contributed by atoms with Crippen molar-refractivity contribution in [1.82, 2.24) is 0 Å². The molecule has 0 atom stereocenters. The highest BCUT2D eigenvalue weighted by Crippen LogP contribution is 2.24. The number of hydrogen-bond acceptors (Lipinski definition) is 2. The Kier molecular flexibility index (Phi) is 4.12. The Balaban J connectivity index is 2.28. The van der Waals surface area contributed by atoms with Gasteiger partial charge in [-0.05, 0) is 42.8 Å². The topological polar surface area (TPSA) is 55.1 Å². The molecule has 2 rings (SSSR count). The van der Waals surface area contributed by atoms with Gasteiger partial charge >= 0.3 is 0 Å². The van der Waals surface area contributed by atoms with Crippen LogP contribution in [-0.2, 0) is 0 Å². The van der Waals surface area contributed by atoms with Crippen LogP contribution in [0.25, 0.3) is 0 Å². The van der Waals surface area contributed by atoms with Gasteiger partial charge in [0.25, 0.3) is 5.91 Å². The summed E-state index contributed by atoms with van der Waals surface area (Å²) in [6, 6.07) is 10.6. The lowest BCUT2D eigenvalue weighted by atomic mass is 10.1. The fourth-order valence-electron chi connectivity index (χ4n) is 1.74. The molecule has 2 aromatic carbocycles. The van der Waals surface area contributed by atoms with Gasteiger partial charge in [-0.1, -0.05) is 33.6 Å². The zero-order chi connectivity index (χ0) is 14.0. The predicted molar refractivity (Wildman–Crippen MR) is 82.7 cm³/mol. The smallest absolute Gasteiger partial charge is 0.257 e. The number of nitrogens with one attached hydrogen (secondary N) is 1. The molecule has 0 fully saturated rings. The molecule has 0 aromatic heterocycles. The van der Waals surface area contributed by atoms with E-state index in [1.165, 1.54) is 0 Å². The molecule has 3 nitrogen and oxygen atoms in total. The lowest BCUT2D eigenvalue weighted by Crippen LogP contribution is -2.14. The van der Waals surface area contributed by atoms with Crippen molar-refractivity contribution in [3.63, 3.8) is 0 Å². The van der Waals surface area contributed by atoms with Gasteiger partial charge in [0.1, 0.15) is 0 Å². The van der Waals surface area contributed by atoms with Gasteiger partial charge in [-0.25, -0.2) is 0 Å². The first-order valence-corrected chi connectivity index (χ1v) is 6.77. The van der Waals surface area contributed by atoms with E-state index in [0.717, 1.165) is 10.0 Å². The molecule has 3 N–H and O–H groups in total. The van der Waals surface area contributed by atoms with Crippen LogP contribution in [0.1, 0.15) is 15.9 Å². The van der Waals surface area contributed by atoms with Crippen molar-refractivity contribution in [2.45, 2.75) is 6.92 Å². The Bertz CT molecular complexity index is 623. The van der Waals surface area contributed by atoms with E-state index < -0.39 is 0 Å². The summed E-state index contributed by atoms with van der Waals surface area (Å²) in [4.78, 5) is 12.1. The van der Waals surface area contributed by atoms with Crippen LogP contribution in [0.2, 0.25) is 5.02 Å². The van der Waals surface area contributed by atoms with E-state index >= 15 is 0 Å². The third-order valence-corrected chi connectivity index (χ3v) is 3.38. The summed E-state index contributed by atoms with van der Waals surface area (Å²) in [5.74, 6) is -0.280. The van der Waals surface area contributed by atoms with E-state index in [1.54, 1.807) is 18.2 Å². The number of aryl methyl sites for hydroxylation is 1. The Hall–Kier alpha value is -1.52. The van der Waals surface area contributed by atoms with Crippen LogP contribution in [0.5, 0.6) is 0 Å². The van der Waals surface area contributed by atoms with Crippen LogP contribution in [0, 0.1) is 6.92 Å². The maximum Gasteiger partial charge on any atom is 0.257 e. The van der Waals surface area contributed by atoms with Crippen molar-refractivity contribution >= 4 is 44.8 Å². The molecule has 0 unspecified atom stereocenters. The molecule has 0 spiro atoms. The van der Waals surface area contributed by atoms with Gasteiger partial charge in [-0.2, -0.15) is 0 Å². The molecule has 0 radical (unpaired) electrons. The minimum absolute atomic E-state index is 0.280. The summed E-state index contributed by atoms with van der Waals surface area (Å²) >= 11 is 9.29. The minimum atomic E-state index is -0.280. The standard InChI is InChI=1S/C14H12BrClN2O/c1-8-5-9(15)7-10(6-8)18-14(19)11-3-2-4-12(16)13(11)17/h2-7H,17H2,1H3,(H,18,19). The van der Waals surface area contributed by atoms with E-state index in [-0.39, 0.29) is 11.6 Å². The fraction of sp³-hybridized carbons (Fsp3) is 0.0714. The van der Waals surface area contributed by atoms with Crippen molar-refractivity contribution in [2.75, 3.05) is 11.1 Å². The van der Waals surface area contributed by atoms with Gasteiger partial charge in [0.2, 0.25) is 0 Å². The summed E-state index contributed by atoms with van der Waals surface area (Å²) < 4.78 is 0.905. The SMILES string of the molecule is Cc1cc(Br)cc(NC(=O)c2cccc(Cl)c2N)c1. The summed E-state index contributed by atoms with van der Waals surface area (Å²) in [7, 11) is 0. The van der Waals surface area contributed by atoms with E-state index in [2.05, 4.69) is 21.2 Å². The Morgan fingerprint density at radius 2 is 2.05 bits per heavy atom. The van der Waals surface area contributed by atoms with E-state index in [4.69, 9.17) is 17.3 Å². The van der Waals surface area contributed by atoms with Crippen molar-refractivity contribution < 1.29 is 4.79 Å². The molecule has 0 saturated carbocycles. The molecule has 0 aliphatic carbocycles. The molecule has 0 aliphatic heterocycles. The lowest BCUT2D eigenvalue weighted by molar-refractivity contribution is 0.102. The molecule has 19 heavy (non-hydrogen) atoms. The zero-order valence-electron chi connectivity index (χ0n) is 10.2. The Labute approximate surface area is 124 Å². The second-order valence-corrected chi connectivity index (χ2v) is 5.50. The molecule has 0 bridgehead atoms. The number of nitrogens with two attached hydrogens (primary N) is 1.